The largest absolute Gasteiger partial charge is 0.484 e. The molecule has 0 saturated carbocycles. The molecule has 0 spiro atoms. The molecule has 1 atom stereocenters. The number of hydrogen-bond donors (Lipinski definition) is 1. The first-order chi connectivity index (χ1) is 8.15. The van der Waals surface area contributed by atoms with Crippen LogP contribution in [0.4, 0.5) is 0 Å². The van der Waals surface area contributed by atoms with Crippen LogP contribution in [-0.4, -0.2) is 15.2 Å². The molecule has 0 aliphatic heterocycles. The van der Waals surface area contributed by atoms with Crippen molar-refractivity contribution in [2.45, 2.75) is 26.6 Å². The van der Waals surface area contributed by atoms with Gasteiger partial charge in [0, 0.05) is 0 Å². The van der Waals surface area contributed by atoms with Gasteiger partial charge in [0.2, 0.25) is 0 Å². The first kappa shape index (κ1) is 11.6. The Morgan fingerprint density at radius 3 is 2.59 bits per heavy atom. The van der Waals surface area contributed by atoms with Gasteiger partial charge in [-0.05, 0) is 31.5 Å². The summed E-state index contributed by atoms with van der Waals surface area (Å²) in [6, 6.07) is 7.23. The molecule has 90 valence electrons. The number of aryl methyl sites for hydroxylation is 1. The van der Waals surface area contributed by atoms with Crippen LogP contribution < -0.4 is 4.74 Å². The Hall–Kier alpha value is -1.88. The van der Waals surface area contributed by atoms with Crippen LogP contribution in [0.3, 0.4) is 0 Å². The third-order valence-corrected chi connectivity index (χ3v) is 2.29. The van der Waals surface area contributed by atoms with Crippen molar-refractivity contribution in [2.24, 2.45) is 0 Å². The average Bonchev–Trinajstić information content (AvgIpc) is 2.73. The van der Waals surface area contributed by atoms with Gasteiger partial charge in [-0.2, -0.15) is 4.98 Å². The number of rotatable bonds is 4. The summed E-state index contributed by atoms with van der Waals surface area (Å²) in [5.74, 6) is 1.74. The maximum Gasteiger partial charge on any atom is 0.264 e. The fraction of sp³-hybridized carbons (Fsp3) is 0.333. The molecular weight excluding hydrogens is 220 g/mol. The number of nitrogens with zero attached hydrogens (tertiary/aromatic N) is 2. The molecule has 0 aliphatic rings. The number of aliphatic hydroxyl groups excluding tert-OH is 1. The van der Waals surface area contributed by atoms with Gasteiger partial charge >= 0.3 is 0 Å². The third kappa shape index (κ3) is 3.04. The smallest absolute Gasteiger partial charge is 0.264 e. The molecule has 1 aromatic heterocycles. The molecule has 1 heterocycles. The van der Waals surface area contributed by atoms with Gasteiger partial charge in [-0.1, -0.05) is 17.3 Å². The van der Waals surface area contributed by atoms with Crippen molar-refractivity contribution in [3.8, 4) is 5.75 Å². The molecule has 0 amide bonds. The Morgan fingerprint density at radius 2 is 2.06 bits per heavy atom. The Bertz CT molecular complexity index is 477. The minimum Gasteiger partial charge on any atom is -0.484 e. The summed E-state index contributed by atoms with van der Waals surface area (Å²) >= 11 is 0. The molecule has 5 nitrogen and oxygen atoms in total. The van der Waals surface area contributed by atoms with E-state index in [1.807, 2.05) is 12.1 Å². The van der Waals surface area contributed by atoms with Crippen LogP contribution in [-0.2, 0) is 6.61 Å². The number of aromatic nitrogens is 2. The van der Waals surface area contributed by atoms with Crippen molar-refractivity contribution < 1.29 is 14.4 Å². The van der Waals surface area contributed by atoms with E-state index in [2.05, 4.69) is 10.1 Å². The highest BCUT2D eigenvalue weighted by Gasteiger charge is 2.04. The Morgan fingerprint density at radius 1 is 1.35 bits per heavy atom. The maximum atomic E-state index is 9.35. The lowest BCUT2D eigenvalue weighted by Gasteiger charge is -2.06. The molecule has 5 heteroatoms. The van der Waals surface area contributed by atoms with Crippen molar-refractivity contribution in [2.75, 3.05) is 0 Å². The lowest BCUT2D eigenvalue weighted by molar-refractivity contribution is 0.199. The highest BCUT2D eigenvalue weighted by Crippen LogP contribution is 2.17. The molecule has 1 N–H and O–H groups in total. The fourth-order valence-electron chi connectivity index (χ4n) is 1.39. The molecule has 2 rings (SSSR count). The van der Waals surface area contributed by atoms with Crippen molar-refractivity contribution in [1.82, 2.24) is 10.1 Å². The summed E-state index contributed by atoms with van der Waals surface area (Å²) in [4.78, 5) is 4.03. The normalized spacial score (nSPS) is 12.4. The minimum atomic E-state index is -0.470. The van der Waals surface area contributed by atoms with Crippen LogP contribution in [0.25, 0.3) is 0 Å². The zero-order chi connectivity index (χ0) is 12.3. The molecule has 1 unspecified atom stereocenters. The van der Waals surface area contributed by atoms with Gasteiger partial charge in [0.15, 0.2) is 12.4 Å². The van der Waals surface area contributed by atoms with Gasteiger partial charge in [-0.25, -0.2) is 0 Å². The molecule has 0 saturated heterocycles. The molecule has 0 radical (unpaired) electrons. The highest BCUT2D eigenvalue weighted by molar-refractivity contribution is 5.28. The quantitative estimate of drug-likeness (QED) is 0.876. The van der Waals surface area contributed by atoms with Gasteiger partial charge in [-0.3, -0.25) is 0 Å². The van der Waals surface area contributed by atoms with Crippen molar-refractivity contribution >= 4 is 0 Å². The first-order valence-corrected chi connectivity index (χ1v) is 5.35. The zero-order valence-electron chi connectivity index (χ0n) is 9.75. The summed E-state index contributed by atoms with van der Waals surface area (Å²) in [7, 11) is 0. The molecule has 0 aliphatic carbocycles. The van der Waals surface area contributed by atoms with E-state index in [0.717, 1.165) is 5.56 Å². The van der Waals surface area contributed by atoms with Crippen molar-refractivity contribution in [3.05, 3.63) is 41.5 Å². The second kappa shape index (κ2) is 4.97. The van der Waals surface area contributed by atoms with Crippen molar-refractivity contribution in [1.29, 1.82) is 0 Å². The Labute approximate surface area is 99.0 Å². The monoisotopic (exact) mass is 234 g/mol. The standard InChI is InChI=1S/C12H14N2O3/c1-8(15)10-3-5-11(6-4-10)16-7-12-13-9(2)14-17-12/h3-6,8,15H,7H2,1-2H3. The fourth-order valence-corrected chi connectivity index (χ4v) is 1.39. The number of hydrogen-bond acceptors (Lipinski definition) is 5. The van der Waals surface area contributed by atoms with E-state index in [9.17, 15) is 5.11 Å². The summed E-state index contributed by atoms with van der Waals surface area (Å²) in [5, 5.41) is 13.0. The Kier molecular flexibility index (Phi) is 3.39. The van der Waals surface area contributed by atoms with E-state index >= 15 is 0 Å². The molecular formula is C12H14N2O3. The second-order valence-corrected chi connectivity index (χ2v) is 3.77. The summed E-state index contributed by atoms with van der Waals surface area (Å²) < 4.78 is 10.4. The topological polar surface area (TPSA) is 68.4 Å². The first-order valence-electron chi connectivity index (χ1n) is 5.35. The van der Waals surface area contributed by atoms with E-state index in [1.165, 1.54) is 0 Å². The van der Waals surface area contributed by atoms with Gasteiger partial charge < -0.3 is 14.4 Å². The zero-order valence-corrected chi connectivity index (χ0v) is 9.75. The van der Waals surface area contributed by atoms with E-state index in [0.29, 0.717) is 17.5 Å². The van der Waals surface area contributed by atoms with Crippen LogP contribution >= 0.6 is 0 Å². The number of aliphatic hydroxyl groups is 1. The average molecular weight is 234 g/mol. The maximum absolute atomic E-state index is 9.35. The van der Waals surface area contributed by atoms with Crippen LogP contribution in [0.15, 0.2) is 28.8 Å². The summed E-state index contributed by atoms with van der Waals surface area (Å²) in [6.45, 7) is 3.72. The van der Waals surface area contributed by atoms with Gasteiger partial charge in [0.1, 0.15) is 5.75 Å². The molecule has 17 heavy (non-hydrogen) atoms. The number of ether oxygens (including phenoxy) is 1. The number of benzene rings is 1. The van der Waals surface area contributed by atoms with Crippen LogP contribution in [0.5, 0.6) is 5.75 Å². The lowest BCUT2D eigenvalue weighted by atomic mass is 10.1. The van der Waals surface area contributed by atoms with E-state index in [1.54, 1.807) is 26.0 Å². The predicted molar refractivity (Wildman–Crippen MR) is 60.4 cm³/mol. The van der Waals surface area contributed by atoms with Gasteiger partial charge in [-0.15, -0.1) is 0 Å². The van der Waals surface area contributed by atoms with Crippen molar-refractivity contribution in [3.63, 3.8) is 0 Å². The van der Waals surface area contributed by atoms with E-state index in [4.69, 9.17) is 9.26 Å². The van der Waals surface area contributed by atoms with Gasteiger partial charge in [0.05, 0.1) is 6.10 Å². The summed E-state index contributed by atoms with van der Waals surface area (Å²) in [5.41, 5.74) is 0.853. The molecule has 0 fully saturated rings. The second-order valence-electron chi connectivity index (χ2n) is 3.77. The SMILES string of the molecule is Cc1noc(COc2ccc(C(C)O)cc2)n1. The molecule has 1 aromatic carbocycles. The minimum absolute atomic E-state index is 0.245. The van der Waals surface area contributed by atoms with Crippen LogP contribution in [0.1, 0.15) is 30.3 Å². The molecule has 2 aromatic rings. The third-order valence-electron chi connectivity index (χ3n) is 2.29. The Balaban J connectivity index is 1.95. The summed E-state index contributed by atoms with van der Waals surface area (Å²) in [6.07, 6.45) is -0.470. The lowest BCUT2D eigenvalue weighted by Crippen LogP contribution is -1.96. The highest BCUT2D eigenvalue weighted by atomic mass is 16.5. The van der Waals surface area contributed by atoms with E-state index < -0.39 is 6.10 Å². The van der Waals surface area contributed by atoms with E-state index in [-0.39, 0.29) is 6.61 Å². The van der Waals surface area contributed by atoms with Gasteiger partial charge in [0.25, 0.3) is 5.89 Å². The predicted octanol–water partition coefficient (Wildman–Crippen LogP) is 2.01. The van der Waals surface area contributed by atoms with Crippen LogP contribution in [0, 0.1) is 6.92 Å². The molecule has 0 bridgehead atoms. The van der Waals surface area contributed by atoms with Crippen LogP contribution in [0.2, 0.25) is 0 Å².